The maximum absolute atomic E-state index is 11.9. The largest absolute Gasteiger partial charge is 0.480 e. The summed E-state index contributed by atoms with van der Waals surface area (Å²) in [7, 11) is -2.58. The average Bonchev–Trinajstić information content (AvgIpc) is 2.27. The lowest BCUT2D eigenvalue weighted by molar-refractivity contribution is -0.139. The molecule has 7 nitrogen and oxygen atoms in total. The number of carboxylic acids is 1. The molecule has 0 aliphatic rings. The fourth-order valence-corrected chi connectivity index (χ4v) is 2.57. The zero-order valence-corrected chi connectivity index (χ0v) is 11.6. The van der Waals surface area contributed by atoms with Crippen molar-refractivity contribution in [2.24, 2.45) is 0 Å². The molecule has 0 saturated carbocycles. The third-order valence-corrected chi connectivity index (χ3v) is 4.25. The molecule has 0 aliphatic carbocycles. The predicted octanol–water partition coefficient (Wildman–Crippen LogP) is 0.308. The highest BCUT2D eigenvalue weighted by molar-refractivity contribution is 7.87. The first-order chi connectivity index (χ1) is 8.26. The predicted molar refractivity (Wildman–Crippen MR) is 65.8 cm³/mol. The van der Waals surface area contributed by atoms with Crippen molar-refractivity contribution in [3.63, 3.8) is 0 Å². The van der Waals surface area contributed by atoms with E-state index in [0.717, 1.165) is 4.31 Å². The van der Waals surface area contributed by atoms with E-state index in [2.05, 4.69) is 4.72 Å². The van der Waals surface area contributed by atoms with Crippen LogP contribution in [-0.4, -0.2) is 42.9 Å². The van der Waals surface area contributed by atoms with Crippen molar-refractivity contribution in [2.45, 2.75) is 45.2 Å². The van der Waals surface area contributed by atoms with Crippen molar-refractivity contribution in [1.82, 2.24) is 9.03 Å². The summed E-state index contributed by atoms with van der Waals surface area (Å²) in [6, 6.07) is 0.219. The summed E-state index contributed by atoms with van der Waals surface area (Å²) in [5, 5.41) is 17.4. The van der Waals surface area contributed by atoms with Crippen LogP contribution in [0.2, 0.25) is 0 Å². The van der Waals surface area contributed by atoms with Crippen LogP contribution in [0.15, 0.2) is 0 Å². The van der Waals surface area contributed by atoms with E-state index in [0.29, 0.717) is 6.42 Å². The van der Waals surface area contributed by atoms with Gasteiger partial charge in [-0.2, -0.15) is 22.7 Å². The summed E-state index contributed by atoms with van der Waals surface area (Å²) < 4.78 is 26.9. The monoisotopic (exact) mass is 277 g/mol. The molecule has 0 aromatic heterocycles. The van der Waals surface area contributed by atoms with Crippen LogP contribution in [-0.2, 0) is 15.0 Å². The second-order valence-electron chi connectivity index (χ2n) is 4.03. The maximum Gasteiger partial charge on any atom is 0.321 e. The van der Waals surface area contributed by atoms with E-state index in [1.165, 1.54) is 7.05 Å². The smallest absolute Gasteiger partial charge is 0.321 e. The molecule has 18 heavy (non-hydrogen) atoms. The SMILES string of the molecule is CCCC(NS(=O)(=O)N(C)C(C)CC#N)C(=O)O. The van der Waals surface area contributed by atoms with Crippen LogP contribution in [0.25, 0.3) is 0 Å². The van der Waals surface area contributed by atoms with E-state index in [-0.39, 0.29) is 12.8 Å². The first-order valence-corrected chi connectivity index (χ1v) is 7.05. The molecule has 104 valence electrons. The standard InChI is InChI=1S/C10H19N3O4S/c1-4-5-9(10(14)15)12-18(16,17)13(3)8(2)6-7-11/h8-9,12H,4-6H2,1-3H3,(H,14,15). The zero-order valence-electron chi connectivity index (χ0n) is 10.8. The molecule has 0 rings (SSSR count). The van der Waals surface area contributed by atoms with Gasteiger partial charge in [0.05, 0.1) is 12.5 Å². The summed E-state index contributed by atoms with van der Waals surface area (Å²) in [6.07, 6.45) is 0.814. The van der Waals surface area contributed by atoms with Crippen LogP contribution in [0.5, 0.6) is 0 Å². The second kappa shape index (κ2) is 7.31. The third-order valence-electron chi connectivity index (χ3n) is 2.55. The number of nitriles is 1. The highest BCUT2D eigenvalue weighted by Crippen LogP contribution is 2.08. The molecule has 2 N–H and O–H groups in total. The molecule has 8 heteroatoms. The van der Waals surface area contributed by atoms with Gasteiger partial charge in [0.1, 0.15) is 6.04 Å². The van der Waals surface area contributed by atoms with Crippen LogP contribution in [0.1, 0.15) is 33.1 Å². The first-order valence-electron chi connectivity index (χ1n) is 5.61. The van der Waals surface area contributed by atoms with Gasteiger partial charge >= 0.3 is 5.97 Å². The van der Waals surface area contributed by atoms with Crippen LogP contribution in [0, 0.1) is 11.3 Å². The summed E-state index contributed by atoms with van der Waals surface area (Å²) >= 11 is 0. The minimum absolute atomic E-state index is 0.0446. The number of nitrogens with zero attached hydrogens (tertiary/aromatic N) is 2. The van der Waals surface area contributed by atoms with Gasteiger partial charge in [-0.15, -0.1) is 0 Å². The van der Waals surface area contributed by atoms with Crippen molar-refractivity contribution < 1.29 is 18.3 Å². The third kappa shape index (κ3) is 5.00. The van der Waals surface area contributed by atoms with E-state index in [1.807, 2.05) is 6.07 Å². The van der Waals surface area contributed by atoms with Gasteiger partial charge in [-0.1, -0.05) is 13.3 Å². The van der Waals surface area contributed by atoms with Crippen LogP contribution in [0.3, 0.4) is 0 Å². The second-order valence-corrected chi connectivity index (χ2v) is 5.79. The number of rotatable bonds is 8. The quantitative estimate of drug-likeness (QED) is 0.663. The molecule has 2 unspecified atom stereocenters. The Morgan fingerprint density at radius 1 is 1.56 bits per heavy atom. The summed E-state index contributed by atoms with van der Waals surface area (Å²) in [6.45, 7) is 3.35. The molecule has 0 aromatic carbocycles. The van der Waals surface area contributed by atoms with Gasteiger partial charge in [-0.05, 0) is 13.3 Å². The van der Waals surface area contributed by atoms with Crippen LogP contribution >= 0.6 is 0 Å². The molecular weight excluding hydrogens is 258 g/mol. The minimum atomic E-state index is -3.90. The van der Waals surface area contributed by atoms with Crippen molar-refractivity contribution in [3.05, 3.63) is 0 Å². The van der Waals surface area contributed by atoms with Crippen molar-refractivity contribution in [1.29, 1.82) is 5.26 Å². The lowest BCUT2D eigenvalue weighted by atomic mass is 10.2. The Bertz CT molecular complexity index is 415. The Morgan fingerprint density at radius 2 is 2.11 bits per heavy atom. The molecule has 0 radical (unpaired) electrons. The van der Waals surface area contributed by atoms with E-state index in [4.69, 9.17) is 10.4 Å². The van der Waals surface area contributed by atoms with E-state index in [1.54, 1.807) is 13.8 Å². The molecule has 0 aliphatic heterocycles. The van der Waals surface area contributed by atoms with E-state index >= 15 is 0 Å². The molecule has 0 spiro atoms. The van der Waals surface area contributed by atoms with Gasteiger partial charge in [0.2, 0.25) is 0 Å². The van der Waals surface area contributed by atoms with Crippen molar-refractivity contribution in [2.75, 3.05) is 7.05 Å². The lowest BCUT2D eigenvalue weighted by Crippen LogP contribution is -2.49. The number of aliphatic carboxylic acids is 1. The molecule has 0 aromatic rings. The van der Waals surface area contributed by atoms with Crippen LogP contribution < -0.4 is 4.72 Å². The molecule has 0 fully saturated rings. The molecule has 0 saturated heterocycles. The topological polar surface area (TPSA) is 111 Å². The maximum atomic E-state index is 11.9. The Hall–Kier alpha value is -1.17. The minimum Gasteiger partial charge on any atom is -0.480 e. The number of hydrogen-bond donors (Lipinski definition) is 2. The average molecular weight is 277 g/mol. The molecular formula is C10H19N3O4S. The normalized spacial score (nSPS) is 15.1. The van der Waals surface area contributed by atoms with Gasteiger partial charge in [0.15, 0.2) is 0 Å². The fourth-order valence-electron chi connectivity index (χ4n) is 1.28. The highest BCUT2D eigenvalue weighted by atomic mass is 32.2. The fraction of sp³-hybridized carbons (Fsp3) is 0.800. The number of nitrogens with one attached hydrogen (secondary N) is 1. The van der Waals surface area contributed by atoms with Crippen LogP contribution in [0.4, 0.5) is 0 Å². The highest BCUT2D eigenvalue weighted by Gasteiger charge is 2.28. The van der Waals surface area contributed by atoms with Crippen molar-refractivity contribution in [3.8, 4) is 6.07 Å². The Balaban J connectivity index is 4.82. The summed E-state index contributed by atoms with van der Waals surface area (Å²) in [5.74, 6) is -1.21. The number of hydrogen-bond acceptors (Lipinski definition) is 4. The van der Waals surface area contributed by atoms with E-state index in [9.17, 15) is 13.2 Å². The molecule has 0 amide bonds. The lowest BCUT2D eigenvalue weighted by Gasteiger charge is -2.24. The van der Waals surface area contributed by atoms with Gasteiger partial charge in [0.25, 0.3) is 10.2 Å². The zero-order chi connectivity index (χ0) is 14.3. The van der Waals surface area contributed by atoms with Crippen molar-refractivity contribution >= 4 is 16.2 Å². The Kier molecular flexibility index (Phi) is 6.83. The van der Waals surface area contributed by atoms with Gasteiger partial charge in [-0.3, -0.25) is 4.79 Å². The Morgan fingerprint density at radius 3 is 2.50 bits per heavy atom. The Labute approximate surface area is 108 Å². The molecule has 0 heterocycles. The van der Waals surface area contributed by atoms with Gasteiger partial charge in [-0.25, -0.2) is 0 Å². The summed E-state index contributed by atoms with van der Waals surface area (Å²) in [4.78, 5) is 10.9. The molecule has 2 atom stereocenters. The van der Waals surface area contributed by atoms with E-state index < -0.39 is 28.3 Å². The van der Waals surface area contributed by atoms with Gasteiger partial charge in [0, 0.05) is 13.1 Å². The molecule has 0 bridgehead atoms. The number of carboxylic acid groups (broad SMARTS) is 1. The number of carbonyl (C=O) groups is 1. The van der Waals surface area contributed by atoms with Gasteiger partial charge < -0.3 is 5.11 Å². The summed E-state index contributed by atoms with van der Waals surface area (Å²) in [5.41, 5.74) is 0. The first kappa shape index (κ1) is 16.8.